The van der Waals surface area contributed by atoms with Crippen molar-refractivity contribution in [3.63, 3.8) is 0 Å². The molecule has 0 radical (unpaired) electrons. The molecule has 36 heavy (non-hydrogen) atoms. The molecular weight excluding hydrogens is 450 g/mol. The van der Waals surface area contributed by atoms with Crippen LogP contribution in [0, 0.1) is 11.8 Å². The Hall–Kier alpha value is -3.15. The zero-order valence-corrected chi connectivity index (χ0v) is 21.8. The lowest BCUT2D eigenvalue weighted by Gasteiger charge is -2.37. The van der Waals surface area contributed by atoms with Gasteiger partial charge in [-0.3, -0.25) is 9.69 Å². The number of nitrogens with two attached hydrogens (primary N) is 1. The Morgan fingerprint density at radius 3 is 2.50 bits per heavy atom. The van der Waals surface area contributed by atoms with Crippen molar-refractivity contribution in [3.05, 3.63) is 54.1 Å². The number of aliphatic imine (C=N–C) groups is 1. The van der Waals surface area contributed by atoms with Gasteiger partial charge in [0, 0.05) is 13.0 Å². The summed E-state index contributed by atoms with van der Waals surface area (Å²) in [5.74, 6) is 2.47. The topological polar surface area (TPSA) is 85.0 Å². The van der Waals surface area contributed by atoms with Crippen LogP contribution >= 0.6 is 0 Å². The van der Waals surface area contributed by atoms with Crippen LogP contribution in [-0.4, -0.2) is 36.2 Å². The highest BCUT2D eigenvalue weighted by atomic mass is 16.5. The van der Waals surface area contributed by atoms with Crippen LogP contribution in [0.1, 0.15) is 70.8 Å². The molecule has 4 rings (SSSR count). The van der Waals surface area contributed by atoms with Crippen LogP contribution in [0.15, 0.2) is 53.5 Å². The molecule has 0 spiro atoms. The largest absolute Gasteiger partial charge is 0.497 e. The van der Waals surface area contributed by atoms with Gasteiger partial charge in [-0.2, -0.15) is 0 Å². The number of carbonyl (C=O) groups is 2. The second kappa shape index (κ2) is 11.3. The lowest BCUT2D eigenvalue weighted by Crippen LogP contribution is -2.51. The maximum atomic E-state index is 13.3. The lowest BCUT2D eigenvalue weighted by molar-refractivity contribution is -0.130. The molecule has 2 aromatic rings. The summed E-state index contributed by atoms with van der Waals surface area (Å²) in [5, 5.41) is 0. The van der Waals surface area contributed by atoms with E-state index in [1.54, 1.807) is 18.9 Å². The molecule has 1 aliphatic carbocycles. The number of carbonyl (C=O) groups excluding carboxylic acids is 2. The molecule has 1 amide bonds. The van der Waals surface area contributed by atoms with E-state index in [-0.39, 0.29) is 11.7 Å². The van der Waals surface area contributed by atoms with Crippen molar-refractivity contribution in [1.82, 2.24) is 4.90 Å². The second-order valence-corrected chi connectivity index (χ2v) is 10.7. The molecule has 1 heterocycles. The highest BCUT2D eigenvalue weighted by Crippen LogP contribution is 2.37. The fraction of sp³-hybridized carbons (Fsp3) is 0.500. The fourth-order valence-electron chi connectivity index (χ4n) is 5.66. The molecule has 0 bridgehead atoms. The fourth-order valence-corrected chi connectivity index (χ4v) is 5.66. The average molecular weight is 490 g/mol. The van der Waals surface area contributed by atoms with Gasteiger partial charge in [0.2, 0.25) is 5.91 Å². The van der Waals surface area contributed by atoms with Gasteiger partial charge in [-0.1, -0.05) is 49.6 Å². The summed E-state index contributed by atoms with van der Waals surface area (Å²) in [5.41, 5.74) is 8.81. The van der Waals surface area contributed by atoms with E-state index in [0.29, 0.717) is 37.2 Å². The molecule has 192 valence electrons. The van der Waals surface area contributed by atoms with E-state index < -0.39 is 5.54 Å². The Morgan fingerprint density at radius 2 is 1.78 bits per heavy atom. The van der Waals surface area contributed by atoms with Gasteiger partial charge in [-0.15, -0.1) is 0 Å². The number of hydrogen-bond donors (Lipinski definition) is 1. The van der Waals surface area contributed by atoms with Gasteiger partial charge < -0.3 is 15.3 Å². The van der Waals surface area contributed by atoms with Crippen LogP contribution < -0.4 is 10.5 Å². The molecule has 0 saturated heterocycles. The molecule has 1 saturated carbocycles. The summed E-state index contributed by atoms with van der Waals surface area (Å²) in [6, 6.07) is 16.1. The quantitative estimate of drug-likeness (QED) is 0.483. The lowest BCUT2D eigenvalue weighted by atomic mass is 9.85. The van der Waals surface area contributed by atoms with Gasteiger partial charge in [0.05, 0.1) is 19.1 Å². The molecule has 6 heteroatoms. The Balaban J connectivity index is 1.47. The highest BCUT2D eigenvalue weighted by molar-refractivity contribution is 5.99. The number of amides is 1. The molecule has 1 fully saturated rings. The van der Waals surface area contributed by atoms with Crippen LogP contribution in [0.4, 0.5) is 0 Å². The minimum atomic E-state index is -0.701. The third-order valence-corrected chi connectivity index (χ3v) is 7.88. The smallest absolute Gasteiger partial charge is 0.232 e. The summed E-state index contributed by atoms with van der Waals surface area (Å²) in [6.45, 7) is 4.30. The van der Waals surface area contributed by atoms with E-state index in [1.807, 2.05) is 43.3 Å². The first-order valence-corrected chi connectivity index (χ1v) is 13.2. The van der Waals surface area contributed by atoms with E-state index in [4.69, 9.17) is 15.5 Å². The van der Waals surface area contributed by atoms with Crippen LogP contribution in [0.5, 0.6) is 5.75 Å². The van der Waals surface area contributed by atoms with E-state index in [9.17, 15) is 9.59 Å². The number of methoxy groups -OCH3 is 1. The van der Waals surface area contributed by atoms with Crippen LogP contribution in [0.25, 0.3) is 11.1 Å². The van der Waals surface area contributed by atoms with Crippen LogP contribution in [0.2, 0.25) is 0 Å². The number of benzene rings is 2. The predicted octanol–water partition coefficient (Wildman–Crippen LogP) is 5.69. The summed E-state index contributed by atoms with van der Waals surface area (Å²) in [6.07, 6.45) is 7.55. The summed E-state index contributed by atoms with van der Waals surface area (Å²) < 4.78 is 5.38. The molecule has 1 aliphatic heterocycles. The summed E-state index contributed by atoms with van der Waals surface area (Å²) >= 11 is 0. The third-order valence-electron chi connectivity index (χ3n) is 7.88. The van der Waals surface area contributed by atoms with E-state index in [1.165, 1.54) is 6.42 Å². The molecular formula is C30H39N3O3. The monoisotopic (exact) mass is 489 g/mol. The molecule has 2 aromatic carbocycles. The first-order valence-electron chi connectivity index (χ1n) is 13.2. The van der Waals surface area contributed by atoms with Crippen molar-refractivity contribution in [3.8, 4) is 16.9 Å². The van der Waals surface area contributed by atoms with Crippen molar-refractivity contribution in [1.29, 1.82) is 0 Å². The second-order valence-electron chi connectivity index (χ2n) is 10.7. The Morgan fingerprint density at radius 1 is 1.08 bits per heavy atom. The zero-order valence-electron chi connectivity index (χ0n) is 21.8. The average Bonchev–Trinajstić information content (AvgIpc) is 3.10. The predicted molar refractivity (Wildman–Crippen MR) is 144 cm³/mol. The minimum absolute atomic E-state index is 0.0363. The van der Waals surface area contributed by atoms with Gasteiger partial charge in [0.1, 0.15) is 11.5 Å². The van der Waals surface area contributed by atoms with E-state index >= 15 is 0 Å². The van der Waals surface area contributed by atoms with Crippen molar-refractivity contribution in [2.75, 3.05) is 13.7 Å². The first kappa shape index (κ1) is 25.9. The molecule has 6 nitrogen and oxygen atoms in total. The van der Waals surface area contributed by atoms with E-state index in [2.05, 4.69) is 12.1 Å². The Kier molecular flexibility index (Phi) is 8.12. The number of ketones is 1. The summed E-state index contributed by atoms with van der Waals surface area (Å²) in [4.78, 5) is 31.3. The third kappa shape index (κ3) is 6.15. The zero-order chi connectivity index (χ0) is 25.7. The Labute approximate surface area is 214 Å². The normalized spacial score (nSPS) is 24.7. The molecule has 3 atom stereocenters. The standard InChI is InChI=1S/C30H39N3O3/c1-21(34)13-14-22-7-4-8-23(16-15-22)20-33-28(35)19-30(2,32-29(33)31)26-11-5-9-24(17-26)25-10-6-12-27(18-25)36-3/h5-6,9-12,17-18,22-23H,4,7-8,13-16,19-20H2,1-3H3,(H2,31,32)/t22?,23?,30-/m0/s1. The van der Waals surface area contributed by atoms with Gasteiger partial charge >= 0.3 is 0 Å². The van der Waals surface area contributed by atoms with E-state index in [0.717, 1.165) is 54.5 Å². The van der Waals surface area contributed by atoms with Crippen molar-refractivity contribution in [2.45, 2.75) is 70.8 Å². The number of ether oxygens (including phenoxy) is 1. The number of Topliss-reactive ketones (excluding diaryl/α,β-unsaturated/α-hetero) is 1. The van der Waals surface area contributed by atoms with Crippen molar-refractivity contribution < 1.29 is 14.3 Å². The van der Waals surface area contributed by atoms with Crippen molar-refractivity contribution in [2.24, 2.45) is 22.6 Å². The molecule has 2 N–H and O–H groups in total. The molecule has 2 aliphatic rings. The SMILES string of the molecule is COc1cccc(-c2cccc([C@]3(C)CC(=O)N(CC4CCCC(CCC(C)=O)CC4)C(N)=N3)c2)c1. The van der Waals surface area contributed by atoms with Gasteiger partial charge in [0.15, 0.2) is 5.96 Å². The summed E-state index contributed by atoms with van der Waals surface area (Å²) in [7, 11) is 1.66. The molecule has 2 unspecified atom stereocenters. The van der Waals surface area contributed by atoms with Crippen LogP contribution in [0.3, 0.4) is 0 Å². The van der Waals surface area contributed by atoms with Gasteiger partial charge in [-0.25, -0.2) is 4.99 Å². The number of guanidine groups is 1. The van der Waals surface area contributed by atoms with Gasteiger partial charge in [0.25, 0.3) is 0 Å². The number of rotatable bonds is 8. The number of hydrogen-bond acceptors (Lipinski definition) is 5. The van der Waals surface area contributed by atoms with Crippen LogP contribution in [-0.2, 0) is 15.1 Å². The minimum Gasteiger partial charge on any atom is -0.497 e. The van der Waals surface area contributed by atoms with Gasteiger partial charge in [-0.05, 0) is 79.8 Å². The molecule has 0 aromatic heterocycles. The first-order chi connectivity index (χ1) is 17.3. The Bertz CT molecular complexity index is 1130. The maximum absolute atomic E-state index is 13.3. The van der Waals surface area contributed by atoms with Crippen molar-refractivity contribution >= 4 is 17.6 Å². The number of nitrogens with zero attached hydrogens (tertiary/aromatic N) is 2. The maximum Gasteiger partial charge on any atom is 0.232 e. The highest BCUT2D eigenvalue weighted by Gasteiger charge is 2.38.